The van der Waals surface area contributed by atoms with Gasteiger partial charge in [-0.05, 0) is 24.2 Å². The van der Waals surface area contributed by atoms with Crippen molar-refractivity contribution in [2.24, 2.45) is 17.1 Å². The molecule has 1 saturated carbocycles. The molecule has 0 radical (unpaired) electrons. The molecule has 17 heavy (non-hydrogen) atoms. The second-order valence-corrected chi connectivity index (χ2v) is 5.65. The summed E-state index contributed by atoms with van der Waals surface area (Å²) in [5.41, 5.74) is 6.20. The predicted molar refractivity (Wildman–Crippen MR) is 74.3 cm³/mol. The van der Waals surface area contributed by atoms with Crippen LogP contribution in [-0.4, -0.2) is 18.5 Å². The molecule has 1 aliphatic carbocycles. The SMILES string of the molecule is CCC(C)C(N)C(=O)NCC1(C)CCCC1.Cl. The van der Waals surface area contributed by atoms with Crippen LogP contribution in [0.4, 0.5) is 0 Å². The summed E-state index contributed by atoms with van der Waals surface area (Å²) in [6.07, 6.45) is 6.00. The summed E-state index contributed by atoms with van der Waals surface area (Å²) in [7, 11) is 0. The largest absolute Gasteiger partial charge is 0.354 e. The lowest BCUT2D eigenvalue weighted by atomic mass is 9.88. The Morgan fingerprint density at radius 2 is 1.94 bits per heavy atom. The number of nitrogens with two attached hydrogens (primary N) is 1. The lowest BCUT2D eigenvalue weighted by Gasteiger charge is -2.25. The van der Waals surface area contributed by atoms with E-state index in [2.05, 4.69) is 19.2 Å². The summed E-state index contributed by atoms with van der Waals surface area (Å²) < 4.78 is 0. The topological polar surface area (TPSA) is 55.1 Å². The van der Waals surface area contributed by atoms with Gasteiger partial charge in [0.25, 0.3) is 0 Å². The predicted octanol–water partition coefficient (Wildman–Crippen LogP) is 2.48. The van der Waals surface area contributed by atoms with Crippen molar-refractivity contribution in [3.05, 3.63) is 0 Å². The van der Waals surface area contributed by atoms with Crippen molar-refractivity contribution in [2.75, 3.05) is 6.54 Å². The second kappa shape index (κ2) is 7.22. The molecule has 1 amide bonds. The molecule has 2 unspecified atom stereocenters. The maximum Gasteiger partial charge on any atom is 0.237 e. The molecule has 1 rings (SSSR count). The Morgan fingerprint density at radius 1 is 1.41 bits per heavy atom. The Labute approximate surface area is 111 Å². The fraction of sp³-hybridized carbons (Fsp3) is 0.923. The van der Waals surface area contributed by atoms with Gasteiger partial charge in [-0.2, -0.15) is 0 Å². The minimum Gasteiger partial charge on any atom is -0.354 e. The van der Waals surface area contributed by atoms with Gasteiger partial charge in [0.05, 0.1) is 6.04 Å². The van der Waals surface area contributed by atoms with Gasteiger partial charge in [-0.3, -0.25) is 4.79 Å². The van der Waals surface area contributed by atoms with Gasteiger partial charge >= 0.3 is 0 Å². The Bertz CT molecular complexity index is 240. The van der Waals surface area contributed by atoms with E-state index in [0.717, 1.165) is 13.0 Å². The van der Waals surface area contributed by atoms with Gasteiger partial charge < -0.3 is 11.1 Å². The van der Waals surface area contributed by atoms with Crippen LogP contribution in [0.2, 0.25) is 0 Å². The zero-order valence-electron chi connectivity index (χ0n) is 11.3. The number of halogens is 1. The zero-order chi connectivity index (χ0) is 12.2. The molecule has 0 aromatic rings. The standard InChI is InChI=1S/C13H26N2O.ClH/c1-4-10(2)11(14)12(16)15-9-13(3)7-5-6-8-13;/h10-11H,4-9,14H2,1-3H3,(H,15,16);1H. The van der Waals surface area contributed by atoms with Gasteiger partial charge in [-0.25, -0.2) is 0 Å². The van der Waals surface area contributed by atoms with Gasteiger partial charge in [0.2, 0.25) is 5.91 Å². The van der Waals surface area contributed by atoms with E-state index in [1.807, 2.05) is 6.92 Å². The van der Waals surface area contributed by atoms with Crippen molar-refractivity contribution in [1.82, 2.24) is 5.32 Å². The number of hydrogen-bond donors (Lipinski definition) is 2. The van der Waals surface area contributed by atoms with Gasteiger partial charge in [0.1, 0.15) is 0 Å². The lowest BCUT2D eigenvalue weighted by molar-refractivity contribution is -0.123. The van der Waals surface area contributed by atoms with Crippen LogP contribution in [0.5, 0.6) is 0 Å². The summed E-state index contributed by atoms with van der Waals surface area (Å²) in [5, 5.41) is 3.02. The fourth-order valence-electron chi connectivity index (χ4n) is 2.34. The van der Waals surface area contributed by atoms with Crippen molar-refractivity contribution < 1.29 is 4.79 Å². The molecule has 3 nitrogen and oxygen atoms in total. The quantitative estimate of drug-likeness (QED) is 0.800. The van der Waals surface area contributed by atoms with Crippen LogP contribution in [0, 0.1) is 11.3 Å². The third-order valence-corrected chi connectivity index (χ3v) is 4.06. The molecule has 1 fully saturated rings. The normalized spacial score (nSPS) is 21.4. The Balaban J connectivity index is 0.00000256. The van der Waals surface area contributed by atoms with Crippen molar-refractivity contribution in [3.63, 3.8) is 0 Å². The molecule has 2 atom stereocenters. The van der Waals surface area contributed by atoms with E-state index in [9.17, 15) is 4.79 Å². The third-order valence-electron chi connectivity index (χ3n) is 4.06. The molecule has 4 heteroatoms. The molecule has 0 aromatic carbocycles. The van der Waals surface area contributed by atoms with Crippen molar-refractivity contribution in [3.8, 4) is 0 Å². The smallest absolute Gasteiger partial charge is 0.237 e. The first-order chi connectivity index (χ1) is 7.48. The third kappa shape index (κ3) is 4.84. The van der Waals surface area contributed by atoms with Gasteiger partial charge in [0.15, 0.2) is 0 Å². The van der Waals surface area contributed by atoms with E-state index in [1.165, 1.54) is 25.7 Å². The first-order valence-corrected chi connectivity index (χ1v) is 6.52. The molecule has 0 aromatic heterocycles. The van der Waals surface area contributed by atoms with Crippen LogP contribution in [0.3, 0.4) is 0 Å². The van der Waals surface area contributed by atoms with Crippen molar-refractivity contribution >= 4 is 18.3 Å². The minimum atomic E-state index is -0.352. The first kappa shape index (κ1) is 16.7. The number of carbonyl (C=O) groups is 1. The summed E-state index contributed by atoms with van der Waals surface area (Å²) in [5.74, 6) is 0.277. The Hall–Kier alpha value is -0.280. The highest BCUT2D eigenvalue weighted by Gasteiger charge is 2.30. The number of rotatable bonds is 5. The van der Waals surface area contributed by atoms with E-state index in [4.69, 9.17) is 5.73 Å². The molecule has 0 bridgehead atoms. The minimum absolute atomic E-state index is 0. The van der Waals surface area contributed by atoms with Crippen LogP contribution in [-0.2, 0) is 4.79 Å². The van der Waals surface area contributed by atoms with E-state index >= 15 is 0 Å². The van der Waals surface area contributed by atoms with Gasteiger partial charge in [0, 0.05) is 6.54 Å². The number of amides is 1. The highest BCUT2D eigenvalue weighted by Crippen LogP contribution is 2.36. The molecule has 3 N–H and O–H groups in total. The molecular formula is C13H27ClN2O. The number of carbonyl (C=O) groups excluding carboxylic acids is 1. The maximum absolute atomic E-state index is 11.8. The van der Waals surface area contributed by atoms with Crippen LogP contribution in [0.1, 0.15) is 52.9 Å². The zero-order valence-corrected chi connectivity index (χ0v) is 12.1. The summed E-state index contributed by atoms with van der Waals surface area (Å²) in [6, 6.07) is -0.352. The number of nitrogens with one attached hydrogen (secondary N) is 1. The highest BCUT2D eigenvalue weighted by atomic mass is 35.5. The van der Waals surface area contributed by atoms with Crippen LogP contribution < -0.4 is 11.1 Å². The summed E-state index contributed by atoms with van der Waals surface area (Å²) in [4.78, 5) is 11.8. The van der Waals surface area contributed by atoms with Crippen molar-refractivity contribution in [2.45, 2.75) is 58.9 Å². The Kier molecular flexibility index (Phi) is 7.10. The highest BCUT2D eigenvalue weighted by molar-refractivity contribution is 5.85. The molecular weight excluding hydrogens is 236 g/mol. The van der Waals surface area contributed by atoms with Gasteiger partial charge in [-0.1, -0.05) is 40.0 Å². The Morgan fingerprint density at radius 3 is 2.41 bits per heavy atom. The first-order valence-electron chi connectivity index (χ1n) is 6.52. The lowest BCUT2D eigenvalue weighted by Crippen LogP contribution is -2.47. The average molecular weight is 263 g/mol. The fourth-order valence-corrected chi connectivity index (χ4v) is 2.34. The van der Waals surface area contributed by atoms with E-state index < -0.39 is 0 Å². The van der Waals surface area contributed by atoms with E-state index in [0.29, 0.717) is 5.41 Å². The van der Waals surface area contributed by atoms with Crippen molar-refractivity contribution in [1.29, 1.82) is 0 Å². The van der Waals surface area contributed by atoms with Crippen LogP contribution in [0.25, 0.3) is 0 Å². The van der Waals surface area contributed by atoms with Crippen LogP contribution in [0.15, 0.2) is 0 Å². The number of hydrogen-bond acceptors (Lipinski definition) is 2. The monoisotopic (exact) mass is 262 g/mol. The average Bonchev–Trinajstić information content (AvgIpc) is 2.71. The van der Waals surface area contributed by atoms with E-state index in [-0.39, 0.29) is 30.3 Å². The maximum atomic E-state index is 11.8. The molecule has 0 aliphatic heterocycles. The summed E-state index contributed by atoms with van der Waals surface area (Å²) in [6.45, 7) is 7.14. The van der Waals surface area contributed by atoms with Gasteiger partial charge in [-0.15, -0.1) is 12.4 Å². The molecule has 1 aliphatic rings. The van der Waals surface area contributed by atoms with E-state index in [1.54, 1.807) is 0 Å². The molecule has 102 valence electrons. The molecule has 0 heterocycles. The molecule has 0 spiro atoms. The molecule has 0 saturated heterocycles. The second-order valence-electron chi connectivity index (χ2n) is 5.65. The van der Waals surface area contributed by atoms with Crippen LogP contribution >= 0.6 is 12.4 Å². The summed E-state index contributed by atoms with van der Waals surface area (Å²) >= 11 is 0.